The van der Waals surface area contributed by atoms with Gasteiger partial charge in [-0.2, -0.15) is 0 Å². The maximum Gasteiger partial charge on any atom is 0.306 e. The summed E-state index contributed by atoms with van der Waals surface area (Å²) in [5.41, 5.74) is 0.996. The molecular weight excluding hydrogens is 328 g/mol. The zero-order chi connectivity index (χ0) is 15.1. The SMILES string of the molecule is COc1ccc(CC(C)OC(=O)CCC(=O)O)cc1Br. The molecule has 0 fully saturated rings. The van der Waals surface area contributed by atoms with E-state index in [1.54, 1.807) is 14.0 Å². The highest BCUT2D eigenvalue weighted by atomic mass is 79.9. The zero-order valence-corrected chi connectivity index (χ0v) is 13.0. The van der Waals surface area contributed by atoms with E-state index in [0.717, 1.165) is 15.8 Å². The van der Waals surface area contributed by atoms with E-state index in [0.29, 0.717) is 6.42 Å². The Labute approximate surface area is 126 Å². The Balaban J connectivity index is 2.49. The fourth-order valence-electron chi connectivity index (χ4n) is 1.70. The number of rotatable bonds is 7. The number of esters is 1. The van der Waals surface area contributed by atoms with Gasteiger partial charge in [-0.25, -0.2) is 0 Å². The van der Waals surface area contributed by atoms with Crippen LogP contribution >= 0.6 is 15.9 Å². The predicted octanol–water partition coefficient (Wildman–Crippen LogP) is 2.80. The van der Waals surface area contributed by atoms with Crippen molar-refractivity contribution in [3.63, 3.8) is 0 Å². The Kier molecular flexibility index (Phi) is 6.51. The van der Waals surface area contributed by atoms with E-state index >= 15 is 0 Å². The molecule has 0 heterocycles. The third kappa shape index (κ3) is 5.61. The molecule has 0 aliphatic rings. The zero-order valence-electron chi connectivity index (χ0n) is 11.4. The van der Waals surface area contributed by atoms with Gasteiger partial charge in [-0.05, 0) is 40.5 Å². The van der Waals surface area contributed by atoms with Crippen LogP contribution in [-0.2, 0) is 20.7 Å². The summed E-state index contributed by atoms with van der Waals surface area (Å²) < 4.78 is 11.1. The van der Waals surface area contributed by atoms with Gasteiger partial charge in [0.2, 0.25) is 0 Å². The molecule has 1 rings (SSSR count). The normalized spacial score (nSPS) is 11.8. The lowest BCUT2D eigenvalue weighted by Crippen LogP contribution is -2.18. The average molecular weight is 345 g/mol. The maximum absolute atomic E-state index is 11.4. The van der Waals surface area contributed by atoms with E-state index in [9.17, 15) is 9.59 Å². The lowest BCUT2D eigenvalue weighted by molar-refractivity contribution is -0.151. The summed E-state index contributed by atoms with van der Waals surface area (Å²) in [6, 6.07) is 5.63. The second-order valence-corrected chi connectivity index (χ2v) is 5.22. The lowest BCUT2D eigenvalue weighted by Gasteiger charge is -2.14. The van der Waals surface area contributed by atoms with Crippen molar-refractivity contribution in [1.82, 2.24) is 0 Å². The van der Waals surface area contributed by atoms with Gasteiger partial charge < -0.3 is 14.6 Å². The van der Waals surface area contributed by atoms with Crippen molar-refractivity contribution in [2.24, 2.45) is 0 Å². The molecule has 0 aromatic heterocycles. The van der Waals surface area contributed by atoms with Gasteiger partial charge in [-0.15, -0.1) is 0 Å². The fourth-order valence-corrected chi connectivity index (χ4v) is 2.29. The first-order chi connectivity index (χ1) is 9.42. The van der Waals surface area contributed by atoms with Crippen molar-refractivity contribution >= 4 is 27.9 Å². The molecule has 1 aromatic rings. The van der Waals surface area contributed by atoms with Gasteiger partial charge >= 0.3 is 11.9 Å². The standard InChI is InChI=1S/C14H17BrO5/c1-9(20-14(18)6-5-13(16)17)7-10-3-4-12(19-2)11(15)8-10/h3-4,8-9H,5-7H2,1-2H3,(H,16,17). The largest absolute Gasteiger partial charge is 0.496 e. The highest BCUT2D eigenvalue weighted by molar-refractivity contribution is 9.10. The van der Waals surface area contributed by atoms with Crippen molar-refractivity contribution in [3.05, 3.63) is 28.2 Å². The molecule has 0 bridgehead atoms. The summed E-state index contributed by atoms with van der Waals surface area (Å²) >= 11 is 3.39. The molecule has 1 atom stereocenters. The van der Waals surface area contributed by atoms with Crippen LogP contribution in [0, 0.1) is 0 Å². The molecule has 5 nitrogen and oxygen atoms in total. The topological polar surface area (TPSA) is 72.8 Å². The summed E-state index contributed by atoms with van der Waals surface area (Å²) in [4.78, 5) is 21.8. The molecular formula is C14H17BrO5. The monoisotopic (exact) mass is 344 g/mol. The van der Waals surface area contributed by atoms with Crippen molar-refractivity contribution < 1.29 is 24.2 Å². The van der Waals surface area contributed by atoms with E-state index in [1.807, 2.05) is 18.2 Å². The summed E-state index contributed by atoms with van der Waals surface area (Å²) in [5, 5.41) is 8.49. The number of carbonyl (C=O) groups is 2. The molecule has 20 heavy (non-hydrogen) atoms. The molecule has 6 heteroatoms. The van der Waals surface area contributed by atoms with Crippen LogP contribution in [0.3, 0.4) is 0 Å². The summed E-state index contributed by atoms with van der Waals surface area (Å²) in [6.45, 7) is 1.77. The Morgan fingerprint density at radius 3 is 2.60 bits per heavy atom. The Hall–Kier alpha value is -1.56. The minimum Gasteiger partial charge on any atom is -0.496 e. The van der Waals surface area contributed by atoms with Gasteiger partial charge in [0.25, 0.3) is 0 Å². The van der Waals surface area contributed by atoms with Crippen LogP contribution in [0.1, 0.15) is 25.3 Å². The highest BCUT2D eigenvalue weighted by Crippen LogP contribution is 2.26. The summed E-state index contributed by atoms with van der Waals surface area (Å²) in [7, 11) is 1.59. The number of carboxylic acid groups (broad SMARTS) is 1. The number of methoxy groups -OCH3 is 1. The first-order valence-electron chi connectivity index (χ1n) is 6.16. The molecule has 1 aromatic carbocycles. The minimum atomic E-state index is -1.01. The van der Waals surface area contributed by atoms with Gasteiger partial charge in [-0.3, -0.25) is 9.59 Å². The van der Waals surface area contributed by atoms with E-state index in [-0.39, 0.29) is 18.9 Å². The van der Waals surface area contributed by atoms with Gasteiger partial charge in [-0.1, -0.05) is 6.07 Å². The minimum absolute atomic E-state index is 0.105. The van der Waals surface area contributed by atoms with Crippen molar-refractivity contribution in [2.75, 3.05) is 7.11 Å². The number of hydrogen-bond donors (Lipinski definition) is 1. The molecule has 110 valence electrons. The van der Waals surface area contributed by atoms with Crippen LogP contribution in [0.15, 0.2) is 22.7 Å². The second-order valence-electron chi connectivity index (χ2n) is 4.37. The second kappa shape index (κ2) is 7.89. The molecule has 0 saturated carbocycles. The Morgan fingerprint density at radius 1 is 1.35 bits per heavy atom. The molecule has 1 N–H and O–H groups in total. The Bertz CT molecular complexity index is 486. The van der Waals surface area contributed by atoms with E-state index in [1.165, 1.54) is 0 Å². The number of carboxylic acids is 1. The van der Waals surface area contributed by atoms with Gasteiger partial charge in [0, 0.05) is 6.42 Å². The van der Waals surface area contributed by atoms with E-state index in [2.05, 4.69) is 15.9 Å². The number of halogens is 1. The Morgan fingerprint density at radius 2 is 2.05 bits per heavy atom. The number of aliphatic carboxylic acids is 1. The molecule has 0 spiro atoms. The van der Waals surface area contributed by atoms with Crippen LogP contribution in [0.2, 0.25) is 0 Å². The van der Waals surface area contributed by atoms with Crippen LogP contribution in [0.25, 0.3) is 0 Å². The number of benzene rings is 1. The van der Waals surface area contributed by atoms with Crippen LogP contribution in [-0.4, -0.2) is 30.3 Å². The smallest absolute Gasteiger partial charge is 0.306 e. The van der Waals surface area contributed by atoms with Crippen molar-refractivity contribution in [1.29, 1.82) is 0 Å². The lowest BCUT2D eigenvalue weighted by atomic mass is 10.1. The van der Waals surface area contributed by atoms with E-state index < -0.39 is 11.9 Å². The van der Waals surface area contributed by atoms with Gasteiger partial charge in [0.1, 0.15) is 11.9 Å². The van der Waals surface area contributed by atoms with Crippen LogP contribution < -0.4 is 4.74 Å². The van der Waals surface area contributed by atoms with Gasteiger partial charge in [0.15, 0.2) is 0 Å². The van der Waals surface area contributed by atoms with Crippen LogP contribution in [0.5, 0.6) is 5.75 Å². The fraction of sp³-hybridized carbons (Fsp3) is 0.429. The molecule has 0 saturated heterocycles. The van der Waals surface area contributed by atoms with Crippen molar-refractivity contribution in [3.8, 4) is 5.75 Å². The highest BCUT2D eigenvalue weighted by Gasteiger charge is 2.12. The summed E-state index contributed by atoms with van der Waals surface area (Å²) in [5.74, 6) is -0.763. The van der Waals surface area contributed by atoms with Crippen molar-refractivity contribution in [2.45, 2.75) is 32.3 Å². The first kappa shape index (κ1) is 16.5. The predicted molar refractivity (Wildman–Crippen MR) is 76.8 cm³/mol. The molecule has 1 unspecified atom stereocenters. The number of hydrogen-bond acceptors (Lipinski definition) is 4. The summed E-state index contributed by atoms with van der Waals surface area (Å²) in [6.07, 6.45) is -0.0656. The first-order valence-corrected chi connectivity index (χ1v) is 6.95. The molecule has 0 amide bonds. The third-order valence-electron chi connectivity index (χ3n) is 2.61. The number of ether oxygens (including phenoxy) is 2. The maximum atomic E-state index is 11.4. The molecule has 0 aliphatic carbocycles. The molecule has 0 radical (unpaired) electrons. The third-order valence-corrected chi connectivity index (χ3v) is 3.23. The van der Waals surface area contributed by atoms with Gasteiger partial charge in [0.05, 0.1) is 24.4 Å². The van der Waals surface area contributed by atoms with E-state index in [4.69, 9.17) is 14.6 Å². The molecule has 0 aliphatic heterocycles. The number of carbonyl (C=O) groups excluding carboxylic acids is 1. The average Bonchev–Trinajstić information content (AvgIpc) is 2.36. The van der Waals surface area contributed by atoms with Crippen LogP contribution in [0.4, 0.5) is 0 Å². The quantitative estimate of drug-likeness (QED) is 0.770.